The van der Waals surface area contributed by atoms with Crippen molar-refractivity contribution in [2.75, 3.05) is 18.4 Å². The molecule has 1 aliphatic rings. The van der Waals surface area contributed by atoms with Gasteiger partial charge in [-0.2, -0.15) is 0 Å². The lowest BCUT2D eigenvalue weighted by Gasteiger charge is -2.33. The Morgan fingerprint density at radius 1 is 1.50 bits per heavy atom. The maximum Gasteiger partial charge on any atom is 0.173 e. The number of piperidine rings is 1. The Labute approximate surface area is 119 Å². The van der Waals surface area contributed by atoms with Crippen LogP contribution in [0.2, 0.25) is 5.02 Å². The first-order chi connectivity index (χ1) is 8.58. The number of thiocarbonyl (C=S) groups is 1. The summed E-state index contributed by atoms with van der Waals surface area (Å²) in [6.07, 6.45) is 2.52. The molecule has 1 atom stereocenters. The summed E-state index contributed by atoms with van der Waals surface area (Å²) in [6, 6.07) is 5.86. The second kappa shape index (κ2) is 5.89. The average molecular weight is 283 g/mol. The molecule has 0 aromatic heterocycles. The van der Waals surface area contributed by atoms with Crippen LogP contribution in [0.5, 0.6) is 0 Å². The summed E-state index contributed by atoms with van der Waals surface area (Å²) < 4.78 is 0. The monoisotopic (exact) mass is 282 g/mol. The molecule has 2 rings (SSSR count). The van der Waals surface area contributed by atoms with E-state index >= 15 is 0 Å². The third kappa shape index (κ3) is 3.15. The van der Waals surface area contributed by atoms with Gasteiger partial charge in [0, 0.05) is 23.8 Å². The molecule has 1 N–H and O–H groups in total. The highest BCUT2D eigenvalue weighted by Crippen LogP contribution is 2.24. The molecule has 0 bridgehead atoms. The summed E-state index contributed by atoms with van der Waals surface area (Å²) >= 11 is 11.6. The van der Waals surface area contributed by atoms with E-state index in [1.54, 1.807) is 0 Å². The van der Waals surface area contributed by atoms with Crippen LogP contribution >= 0.6 is 23.8 Å². The maximum absolute atomic E-state index is 6.11. The van der Waals surface area contributed by atoms with Crippen LogP contribution in [0.1, 0.15) is 25.3 Å². The number of halogens is 1. The van der Waals surface area contributed by atoms with Gasteiger partial charge in [-0.15, -0.1) is 0 Å². The minimum atomic E-state index is 0.721. The molecule has 1 aromatic rings. The minimum Gasteiger partial charge on any atom is -0.349 e. The van der Waals surface area contributed by atoms with Gasteiger partial charge in [-0.05, 0) is 55.6 Å². The molecule has 4 heteroatoms. The quantitative estimate of drug-likeness (QED) is 0.782. The number of nitrogens with zero attached hydrogens (tertiary/aromatic N) is 1. The largest absolute Gasteiger partial charge is 0.349 e. The van der Waals surface area contributed by atoms with Crippen molar-refractivity contribution in [3.05, 3.63) is 28.8 Å². The van der Waals surface area contributed by atoms with Gasteiger partial charge >= 0.3 is 0 Å². The Kier molecular flexibility index (Phi) is 4.46. The molecule has 1 aromatic carbocycles. The van der Waals surface area contributed by atoms with Crippen LogP contribution in [-0.4, -0.2) is 23.1 Å². The van der Waals surface area contributed by atoms with Gasteiger partial charge in [-0.1, -0.05) is 24.6 Å². The number of nitrogens with one attached hydrogen (secondary N) is 1. The normalized spacial score (nSPS) is 19.7. The lowest BCUT2D eigenvalue weighted by atomic mass is 10.0. The summed E-state index contributed by atoms with van der Waals surface area (Å²) in [5.41, 5.74) is 2.05. The third-order valence-electron chi connectivity index (χ3n) is 3.45. The summed E-state index contributed by atoms with van der Waals surface area (Å²) in [7, 11) is 0. The highest BCUT2D eigenvalue weighted by atomic mass is 35.5. The zero-order valence-corrected chi connectivity index (χ0v) is 12.4. The van der Waals surface area contributed by atoms with E-state index in [-0.39, 0.29) is 0 Å². The van der Waals surface area contributed by atoms with Crippen molar-refractivity contribution in [1.29, 1.82) is 0 Å². The highest BCUT2D eigenvalue weighted by Gasteiger charge is 2.18. The molecular weight excluding hydrogens is 264 g/mol. The molecule has 1 aliphatic heterocycles. The first-order valence-corrected chi connectivity index (χ1v) is 7.17. The lowest BCUT2D eigenvalue weighted by Crippen LogP contribution is -2.41. The molecule has 18 heavy (non-hydrogen) atoms. The topological polar surface area (TPSA) is 15.3 Å². The number of benzene rings is 1. The smallest absolute Gasteiger partial charge is 0.173 e. The van der Waals surface area contributed by atoms with Crippen molar-refractivity contribution < 1.29 is 0 Å². The van der Waals surface area contributed by atoms with E-state index in [0.717, 1.165) is 40.4 Å². The van der Waals surface area contributed by atoms with Crippen molar-refractivity contribution >= 4 is 34.6 Å². The van der Waals surface area contributed by atoms with E-state index in [1.807, 2.05) is 25.1 Å². The van der Waals surface area contributed by atoms with Crippen LogP contribution < -0.4 is 5.32 Å². The number of hydrogen-bond donors (Lipinski definition) is 1. The van der Waals surface area contributed by atoms with Crippen molar-refractivity contribution in [2.24, 2.45) is 5.92 Å². The fourth-order valence-electron chi connectivity index (χ4n) is 2.31. The Morgan fingerprint density at radius 3 is 3.00 bits per heavy atom. The predicted octanol–water partition coefficient (Wildman–Crippen LogP) is 4.08. The van der Waals surface area contributed by atoms with E-state index in [4.69, 9.17) is 23.8 Å². The van der Waals surface area contributed by atoms with Crippen molar-refractivity contribution in [1.82, 2.24) is 4.90 Å². The van der Waals surface area contributed by atoms with Crippen molar-refractivity contribution in [2.45, 2.75) is 26.7 Å². The molecule has 0 spiro atoms. The first-order valence-electron chi connectivity index (χ1n) is 6.39. The highest BCUT2D eigenvalue weighted by molar-refractivity contribution is 7.80. The Hall–Kier alpha value is -0.800. The summed E-state index contributed by atoms with van der Waals surface area (Å²) in [5.74, 6) is 0.721. The number of likely N-dealkylation sites (tertiary alicyclic amines) is 1. The predicted molar refractivity (Wildman–Crippen MR) is 82.4 cm³/mol. The van der Waals surface area contributed by atoms with E-state index in [9.17, 15) is 0 Å². The van der Waals surface area contributed by atoms with Crippen molar-refractivity contribution in [3.8, 4) is 0 Å². The van der Waals surface area contributed by atoms with Gasteiger partial charge in [-0.25, -0.2) is 0 Å². The average Bonchev–Trinajstić information content (AvgIpc) is 2.35. The van der Waals surface area contributed by atoms with Gasteiger partial charge < -0.3 is 10.2 Å². The summed E-state index contributed by atoms with van der Waals surface area (Å²) in [6.45, 7) is 6.38. The van der Waals surface area contributed by atoms with Crippen LogP contribution in [-0.2, 0) is 0 Å². The molecule has 0 saturated carbocycles. The number of anilines is 1. The van der Waals surface area contributed by atoms with Gasteiger partial charge in [0.25, 0.3) is 0 Å². The molecule has 2 nitrogen and oxygen atoms in total. The van der Waals surface area contributed by atoms with Gasteiger partial charge in [0.15, 0.2) is 5.11 Å². The fourth-order valence-corrected chi connectivity index (χ4v) is 2.76. The molecule has 0 amide bonds. The number of hydrogen-bond acceptors (Lipinski definition) is 1. The van der Waals surface area contributed by atoms with E-state index in [2.05, 4.69) is 17.1 Å². The second-order valence-electron chi connectivity index (χ2n) is 5.04. The molecular formula is C14H19ClN2S. The molecule has 0 radical (unpaired) electrons. The molecule has 1 heterocycles. The van der Waals surface area contributed by atoms with Crippen LogP contribution in [0.4, 0.5) is 5.69 Å². The zero-order valence-electron chi connectivity index (χ0n) is 10.9. The summed E-state index contributed by atoms with van der Waals surface area (Å²) in [4.78, 5) is 2.25. The van der Waals surface area contributed by atoms with Gasteiger partial charge in [0.2, 0.25) is 0 Å². The van der Waals surface area contributed by atoms with E-state index in [0.29, 0.717) is 0 Å². The van der Waals surface area contributed by atoms with Crippen LogP contribution in [0.25, 0.3) is 0 Å². The van der Waals surface area contributed by atoms with Crippen molar-refractivity contribution in [3.63, 3.8) is 0 Å². The van der Waals surface area contributed by atoms with E-state index in [1.165, 1.54) is 12.8 Å². The lowest BCUT2D eigenvalue weighted by molar-refractivity contribution is 0.276. The van der Waals surface area contributed by atoms with Gasteiger partial charge in [0.05, 0.1) is 0 Å². The van der Waals surface area contributed by atoms with E-state index < -0.39 is 0 Å². The maximum atomic E-state index is 6.11. The van der Waals surface area contributed by atoms with Gasteiger partial charge in [0.1, 0.15) is 0 Å². The Bertz CT molecular complexity index is 447. The number of rotatable bonds is 1. The minimum absolute atomic E-state index is 0.721. The molecule has 1 saturated heterocycles. The molecule has 98 valence electrons. The standard InChI is InChI=1S/C14H19ClN2S/c1-10-5-4-8-17(9-10)14(18)16-13-7-3-6-12(15)11(13)2/h3,6-7,10H,4-5,8-9H2,1-2H3,(H,16,18)/t10-/m1/s1. The van der Waals surface area contributed by atoms with Crippen LogP contribution in [0.3, 0.4) is 0 Å². The SMILES string of the molecule is Cc1c(Cl)cccc1NC(=S)N1CCC[C@@H](C)C1. The first kappa shape index (κ1) is 13.6. The third-order valence-corrected chi connectivity index (χ3v) is 4.22. The van der Waals surface area contributed by atoms with Crippen LogP contribution in [0.15, 0.2) is 18.2 Å². The van der Waals surface area contributed by atoms with Crippen LogP contribution in [0, 0.1) is 12.8 Å². The molecule has 0 unspecified atom stereocenters. The molecule has 1 fully saturated rings. The Morgan fingerprint density at radius 2 is 2.28 bits per heavy atom. The summed E-state index contributed by atoms with van der Waals surface area (Å²) in [5, 5.41) is 4.90. The second-order valence-corrected chi connectivity index (χ2v) is 5.83. The fraction of sp³-hybridized carbons (Fsp3) is 0.500. The van der Waals surface area contributed by atoms with Gasteiger partial charge in [-0.3, -0.25) is 0 Å². The zero-order chi connectivity index (χ0) is 13.1. The Balaban J connectivity index is 2.04. The molecule has 0 aliphatic carbocycles.